The van der Waals surface area contributed by atoms with Crippen molar-refractivity contribution in [1.82, 2.24) is 4.90 Å². The summed E-state index contributed by atoms with van der Waals surface area (Å²) in [5.41, 5.74) is 0. The molecule has 0 spiro atoms. The summed E-state index contributed by atoms with van der Waals surface area (Å²) in [5, 5.41) is 0. The third kappa shape index (κ3) is 4.08. The van der Waals surface area contributed by atoms with Gasteiger partial charge in [-0.15, -0.1) is 0 Å². The van der Waals surface area contributed by atoms with E-state index in [4.69, 9.17) is 0 Å². The first kappa shape index (κ1) is 15.6. The smallest absolute Gasteiger partial charge is 0.226 e. The molecule has 1 atom stereocenters. The molecule has 0 bridgehead atoms. The zero-order chi connectivity index (χ0) is 14.4. The van der Waals surface area contributed by atoms with Crippen LogP contribution in [0.2, 0.25) is 0 Å². The quantitative estimate of drug-likeness (QED) is 0.758. The van der Waals surface area contributed by atoms with Crippen LogP contribution in [0.15, 0.2) is 12.2 Å². The van der Waals surface area contributed by atoms with Crippen molar-refractivity contribution in [2.75, 3.05) is 32.7 Å². The Balaban J connectivity index is 1.74. The standard InChI is InChI=1S/C17H30N2O/c1-3-19(4-2)17(20)16-10-12-18(13-11-16)14-15-8-6-5-7-9-15/h5-6,15-16H,3-4,7-14H2,1-2H3/p+1. The number of nitrogens with one attached hydrogen (secondary N) is 1. The highest BCUT2D eigenvalue weighted by Crippen LogP contribution is 2.17. The second kappa shape index (κ2) is 7.82. The fourth-order valence-corrected chi connectivity index (χ4v) is 3.72. The maximum atomic E-state index is 12.4. The number of allylic oxidation sites excluding steroid dienone is 2. The van der Waals surface area contributed by atoms with Crippen LogP contribution < -0.4 is 4.90 Å². The molecule has 114 valence electrons. The van der Waals surface area contributed by atoms with Crippen LogP contribution >= 0.6 is 0 Å². The van der Waals surface area contributed by atoms with Crippen molar-refractivity contribution >= 4 is 5.91 Å². The zero-order valence-electron chi connectivity index (χ0n) is 13.2. The number of amides is 1. The van der Waals surface area contributed by atoms with Crippen molar-refractivity contribution in [3.63, 3.8) is 0 Å². The van der Waals surface area contributed by atoms with Gasteiger partial charge in [0.1, 0.15) is 0 Å². The van der Waals surface area contributed by atoms with Gasteiger partial charge in [0, 0.05) is 37.8 Å². The summed E-state index contributed by atoms with van der Waals surface area (Å²) < 4.78 is 0. The minimum atomic E-state index is 0.296. The molecule has 0 saturated carbocycles. The van der Waals surface area contributed by atoms with Gasteiger partial charge >= 0.3 is 0 Å². The summed E-state index contributed by atoms with van der Waals surface area (Å²) in [6, 6.07) is 0. The molecular weight excluding hydrogens is 248 g/mol. The molecule has 1 unspecified atom stereocenters. The first-order valence-electron chi connectivity index (χ1n) is 8.51. The van der Waals surface area contributed by atoms with Crippen LogP contribution in [-0.4, -0.2) is 43.5 Å². The summed E-state index contributed by atoms with van der Waals surface area (Å²) in [7, 11) is 0. The lowest BCUT2D eigenvalue weighted by molar-refractivity contribution is -0.909. The fourth-order valence-electron chi connectivity index (χ4n) is 3.72. The fraction of sp³-hybridized carbons (Fsp3) is 0.824. The lowest BCUT2D eigenvalue weighted by Gasteiger charge is -2.33. The number of quaternary nitrogens is 1. The van der Waals surface area contributed by atoms with E-state index in [1.807, 2.05) is 4.90 Å². The van der Waals surface area contributed by atoms with Gasteiger partial charge in [-0.3, -0.25) is 4.79 Å². The van der Waals surface area contributed by atoms with Gasteiger partial charge in [-0.1, -0.05) is 12.2 Å². The molecule has 1 amide bonds. The van der Waals surface area contributed by atoms with Crippen LogP contribution in [0.5, 0.6) is 0 Å². The molecule has 20 heavy (non-hydrogen) atoms. The largest absolute Gasteiger partial charge is 0.343 e. The average molecular weight is 279 g/mol. The molecular formula is C17H31N2O+. The molecule has 2 rings (SSSR count). The lowest BCUT2D eigenvalue weighted by Crippen LogP contribution is -3.13. The summed E-state index contributed by atoms with van der Waals surface area (Å²) in [6.07, 6.45) is 10.7. The normalized spacial score (nSPS) is 30.2. The van der Waals surface area contributed by atoms with Crippen molar-refractivity contribution in [3.8, 4) is 0 Å². The third-order valence-corrected chi connectivity index (χ3v) is 5.07. The molecule has 0 aromatic heterocycles. The van der Waals surface area contributed by atoms with E-state index < -0.39 is 0 Å². The van der Waals surface area contributed by atoms with E-state index in [0.29, 0.717) is 11.8 Å². The van der Waals surface area contributed by atoms with Crippen molar-refractivity contribution in [2.24, 2.45) is 11.8 Å². The maximum Gasteiger partial charge on any atom is 0.226 e. The molecule has 1 saturated heterocycles. The predicted octanol–water partition coefficient (Wildman–Crippen LogP) is 1.51. The van der Waals surface area contributed by atoms with Crippen molar-refractivity contribution in [2.45, 2.75) is 46.0 Å². The topological polar surface area (TPSA) is 24.8 Å². The number of rotatable bonds is 5. The molecule has 1 aliphatic carbocycles. The summed E-state index contributed by atoms with van der Waals surface area (Å²) in [4.78, 5) is 16.1. The predicted molar refractivity (Wildman–Crippen MR) is 82.7 cm³/mol. The van der Waals surface area contributed by atoms with E-state index in [0.717, 1.165) is 31.8 Å². The molecule has 3 heteroatoms. The van der Waals surface area contributed by atoms with Crippen molar-refractivity contribution in [1.29, 1.82) is 0 Å². The van der Waals surface area contributed by atoms with E-state index in [1.165, 1.54) is 38.9 Å². The Morgan fingerprint density at radius 1 is 1.15 bits per heavy atom. The summed E-state index contributed by atoms with van der Waals surface area (Å²) in [5.74, 6) is 1.57. The van der Waals surface area contributed by atoms with Gasteiger partial charge in [0.05, 0.1) is 19.6 Å². The first-order chi connectivity index (χ1) is 9.74. The van der Waals surface area contributed by atoms with E-state index in [1.54, 1.807) is 4.90 Å². The van der Waals surface area contributed by atoms with E-state index in [2.05, 4.69) is 26.0 Å². The SMILES string of the molecule is CCN(CC)C(=O)C1CC[NH+](CC2CC=CCC2)CC1. The lowest BCUT2D eigenvalue weighted by atomic mass is 9.91. The Labute approximate surface area is 124 Å². The maximum absolute atomic E-state index is 12.4. The zero-order valence-corrected chi connectivity index (χ0v) is 13.2. The molecule has 0 aromatic rings. The van der Waals surface area contributed by atoms with E-state index >= 15 is 0 Å². The van der Waals surface area contributed by atoms with Gasteiger partial charge in [0.15, 0.2) is 0 Å². The monoisotopic (exact) mass is 279 g/mol. The molecule has 0 aromatic carbocycles. The highest BCUT2D eigenvalue weighted by molar-refractivity contribution is 5.78. The minimum Gasteiger partial charge on any atom is -0.343 e. The summed E-state index contributed by atoms with van der Waals surface area (Å²) >= 11 is 0. The molecule has 1 fully saturated rings. The highest BCUT2D eigenvalue weighted by atomic mass is 16.2. The number of carbonyl (C=O) groups is 1. The van der Waals surface area contributed by atoms with Crippen molar-refractivity contribution < 1.29 is 9.69 Å². The Kier molecular flexibility index (Phi) is 6.08. The van der Waals surface area contributed by atoms with Gasteiger partial charge in [-0.2, -0.15) is 0 Å². The molecule has 1 heterocycles. The molecule has 1 N–H and O–H groups in total. The average Bonchev–Trinajstić information content (AvgIpc) is 2.50. The van der Waals surface area contributed by atoms with E-state index in [-0.39, 0.29) is 0 Å². The van der Waals surface area contributed by atoms with Crippen molar-refractivity contribution in [3.05, 3.63) is 12.2 Å². The molecule has 0 radical (unpaired) electrons. The molecule has 3 nitrogen and oxygen atoms in total. The Morgan fingerprint density at radius 2 is 1.85 bits per heavy atom. The third-order valence-electron chi connectivity index (χ3n) is 5.07. The van der Waals surface area contributed by atoms with Crippen LogP contribution in [-0.2, 0) is 4.79 Å². The van der Waals surface area contributed by atoms with Gasteiger partial charge in [-0.05, 0) is 33.1 Å². The van der Waals surface area contributed by atoms with Crippen LogP contribution in [0.4, 0.5) is 0 Å². The number of hydrogen-bond donors (Lipinski definition) is 1. The van der Waals surface area contributed by atoms with Gasteiger partial charge in [0.2, 0.25) is 5.91 Å². The number of piperidine rings is 1. The number of likely N-dealkylation sites (tertiary alicyclic amines) is 1. The van der Waals surface area contributed by atoms with Gasteiger partial charge in [-0.25, -0.2) is 0 Å². The Bertz CT molecular complexity index is 328. The van der Waals surface area contributed by atoms with Gasteiger partial charge in [0.25, 0.3) is 0 Å². The van der Waals surface area contributed by atoms with Crippen LogP contribution in [0.1, 0.15) is 46.0 Å². The number of nitrogens with zero attached hydrogens (tertiary/aromatic N) is 1. The molecule has 2 aliphatic rings. The van der Waals surface area contributed by atoms with Crippen LogP contribution in [0.3, 0.4) is 0 Å². The molecule has 1 aliphatic heterocycles. The second-order valence-electron chi connectivity index (χ2n) is 6.39. The van der Waals surface area contributed by atoms with E-state index in [9.17, 15) is 4.79 Å². The first-order valence-corrected chi connectivity index (χ1v) is 8.51. The Morgan fingerprint density at radius 3 is 2.40 bits per heavy atom. The Hall–Kier alpha value is -0.830. The van der Waals surface area contributed by atoms with Crippen LogP contribution in [0, 0.1) is 11.8 Å². The number of carbonyl (C=O) groups excluding carboxylic acids is 1. The van der Waals surface area contributed by atoms with Crippen LogP contribution in [0.25, 0.3) is 0 Å². The summed E-state index contributed by atoms with van der Waals surface area (Å²) in [6.45, 7) is 9.58. The second-order valence-corrected chi connectivity index (χ2v) is 6.39. The highest BCUT2D eigenvalue weighted by Gasteiger charge is 2.30. The number of hydrogen-bond acceptors (Lipinski definition) is 1. The van der Waals surface area contributed by atoms with Gasteiger partial charge < -0.3 is 9.80 Å². The minimum absolute atomic E-state index is 0.296.